The highest BCUT2D eigenvalue weighted by atomic mass is 19.1. The number of benzene rings is 1. The van der Waals surface area contributed by atoms with Crippen LogP contribution >= 0.6 is 0 Å². The molecular weight excluding hydrogens is 233 g/mol. The highest BCUT2D eigenvalue weighted by Gasteiger charge is 2.03. The van der Waals surface area contributed by atoms with Crippen LogP contribution in [0.25, 0.3) is 0 Å². The van der Waals surface area contributed by atoms with Crippen molar-refractivity contribution < 1.29 is 13.9 Å². The van der Waals surface area contributed by atoms with Gasteiger partial charge in [-0.1, -0.05) is 12.1 Å². The van der Waals surface area contributed by atoms with Gasteiger partial charge in [-0.15, -0.1) is 0 Å². The Hall–Kier alpha value is -0.970. The average Bonchev–Trinajstić information content (AvgIpc) is 2.38. The lowest BCUT2D eigenvalue weighted by Crippen LogP contribution is -2.23. The van der Waals surface area contributed by atoms with Crippen LogP contribution in [0.5, 0.6) is 0 Å². The van der Waals surface area contributed by atoms with E-state index in [9.17, 15) is 4.39 Å². The van der Waals surface area contributed by atoms with E-state index in [1.54, 1.807) is 19.2 Å². The summed E-state index contributed by atoms with van der Waals surface area (Å²) in [6.07, 6.45) is 0.921. The largest absolute Gasteiger partial charge is 0.385 e. The van der Waals surface area contributed by atoms with Crippen LogP contribution in [0.15, 0.2) is 24.3 Å². The van der Waals surface area contributed by atoms with Gasteiger partial charge >= 0.3 is 0 Å². The number of methoxy groups -OCH3 is 1. The Balaban J connectivity index is 2.10. The van der Waals surface area contributed by atoms with Crippen LogP contribution in [-0.4, -0.2) is 33.5 Å². The number of ether oxygens (including phenoxy) is 2. The Labute approximate surface area is 108 Å². The second-order valence-corrected chi connectivity index (χ2v) is 4.19. The Morgan fingerprint density at radius 3 is 2.56 bits per heavy atom. The van der Waals surface area contributed by atoms with Crippen molar-refractivity contribution in [3.05, 3.63) is 35.6 Å². The first kappa shape index (κ1) is 15.1. The van der Waals surface area contributed by atoms with Crippen LogP contribution in [0.4, 0.5) is 4.39 Å². The molecule has 0 bridgehead atoms. The van der Waals surface area contributed by atoms with Gasteiger partial charge in [-0.25, -0.2) is 4.39 Å². The van der Waals surface area contributed by atoms with Crippen molar-refractivity contribution in [2.75, 3.05) is 33.5 Å². The maximum absolute atomic E-state index is 12.8. The van der Waals surface area contributed by atoms with Crippen molar-refractivity contribution in [1.82, 2.24) is 5.32 Å². The van der Waals surface area contributed by atoms with Gasteiger partial charge in [-0.3, -0.25) is 0 Å². The van der Waals surface area contributed by atoms with E-state index in [2.05, 4.69) is 12.2 Å². The molecule has 0 amide bonds. The van der Waals surface area contributed by atoms with E-state index >= 15 is 0 Å². The Morgan fingerprint density at radius 1 is 1.17 bits per heavy atom. The van der Waals surface area contributed by atoms with E-state index in [1.165, 1.54) is 12.1 Å². The summed E-state index contributed by atoms with van der Waals surface area (Å²) in [6.45, 7) is 4.97. The van der Waals surface area contributed by atoms with E-state index in [1.807, 2.05) is 0 Å². The molecule has 0 aliphatic rings. The maximum atomic E-state index is 12.8. The van der Waals surface area contributed by atoms with Gasteiger partial charge in [0.2, 0.25) is 0 Å². The summed E-state index contributed by atoms with van der Waals surface area (Å²) < 4.78 is 23.1. The maximum Gasteiger partial charge on any atom is 0.123 e. The lowest BCUT2D eigenvalue weighted by molar-refractivity contribution is 0.103. The second-order valence-electron chi connectivity index (χ2n) is 4.19. The average molecular weight is 255 g/mol. The summed E-state index contributed by atoms with van der Waals surface area (Å²) >= 11 is 0. The summed E-state index contributed by atoms with van der Waals surface area (Å²) in [5.41, 5.74) is 1.08. The minimum atomic E-state index is -0.201. The minimum absolute atomic E-state index is 0.201. The molecule has 1 N–H and O–H groups in total. The van der Waals surface area contributed by atoms with E-state index in [0.717, 1.165) is 31.7 Å². The van der Waals surface area contributed by atoms with E-state index in [-0.39, 0.29) is 11.9 Å². The molecule has 1 atom stereocenters. The van der Waals surface area contributed by atoms with Gasteiger partial charge in [-0.2, -0.15) is 0 Å². The van der Waals surface area contributed by atoms with Crippen LogP contribution < -0.4 is 5.32 Å². The van der Waals surface area contributed by atoms with Gasteiger partial charge in [0.05, 0.1) is 6.61 Å². The molecule has 1 aromatic carbocycles. The summed E-state index contributed by atoms with van der Waals surface area (Å²) in [7, 11) is 1.69. The SMILES string of the molecule is COCCCOCCNC(C)c1ccc(F)cc1. The summed E-state index contributed by atoms with van der Waals surface area (Å²) in [5.74, 6) is -0.201. The van der Waals surface area contributed by atoms with Crippen molar-refractivity contribution >= 4 is 0 Å². The van der Waals surface area contributed by atoms with Crippen LogP contribution in [0, 0.1) is 5.82 Å². The molecule has 1 aromatic rings. The van der Waals surface area contributed by atoms with Gasteiger partial charge < -0.3 is 14.8 Å². The predicted octanol–water partition coefficient (Wildman–Crippen LogP) is 2.53. The van der Waals surface area contributed by atoms with Crippen LogP contribution in [0.1, 0.15) is 24.9 Å². The van der Waals surface area contributed by atoms with Crippen molar-refractivity contribution in [3.8, 4) is 0 Å². The number of nitrogens with one attached hydrogen (secondary N) is 1. The van der Waals surface area contributed by atoms with Gasteiger partial charge in [0.15, 0.2) is 0 Å². The minimum Gasteiger partial charge on any atom is -0.385 e. The van der Waals surface area contributed by atoms with E-state index < -0.39 is 0 Å². The molecule has 0 radical (unpaired) electrons. The third kappa shape index (κ3) is 6.10. The monoisotopic (exact) mass is 255 g/mol. The zero-order chi connectivity index (χ0) is 13.2. The molecule has 0 aliphatic heterocycles. The summed E-state index contributed by atoms with van der Waals surface area (Å²) in [5, 5.41) is 3.33. The molecular formula is C14H22FNO2. The Kier molecular flexibility index (Phi) is 7.57. The van der Waals surface area contributed by atoms with Gasteiger partial charge in [0, 0.05) is 32.9 Å². The standard InChI is InChI=1S/C14H22FNO2/c1-12(13-4-6-14(15)7-5-13)16-8-11-18-10-3-9-17-2/h4-7,12,16H,3,8-11H2,1-2H3. The molecule has 102 valence electrons. The third-order valence-electron chi connectivity index (χ3n) is 2.70. The Bertz CT molecular complexity index is 316. The fourth-order valence-electron chi connectivity index (χ4n) is 1.62. The topological polar surface area (TPSA) is 30.5 Å². The lowest BCUT2D eigenvalue weighted by atomic mass is 10.1. The fourth-order valence-corrected chi connectivity index (χ4v) is 1.62. The van der Waals surface area contributed by atoms with Crippen molar-refractivity contribution in [1.29, 1.82) is 0 Å². The molecule has 0 fully saturated rings. The Morgan fingerprint density at radius 2 is 1.89 bits per heavy atom. The zero-order valence-electron chi connectivity index (χ0n) is 11.1. The van der Waals surface area contributed by atoms with E-state index in [4.69, 9.17) is 9.47 Å². The molecule has 0 aromatic heterocycles. The first-order valence-corrected chi connectivity index (χ1v) is 6.29. The first-order valence-electron chi connectivity index (χ1n) is 6.29. The van der Waals surface area contributed by atoms with Crippen LogP contribution in [-0.2, 0) is 9.47 Å². The van der Waals surface area contributed by atoms with Gasteiger partial charge in [0.25, 0.3) is 0 Å². The molecule has 18 heavy (non-hydrogen) atoms. The highest BCUT2D eigenvalue weighted by molar-refractivity contribution is 5.19. The molecule has 0 saturated carbocycles. The number of hydrogen-bond acceptors (Lipinski definition) is 3. The second kappa shape index (κ2) is 9.03. The number of rotatable bonds is 9. The molecule has 0 spiro atoms. The first-order chi connectivity index (χ1) is 8.74. The van der Waals surface area contributed by atoms with Crippen molar-refractivity contribution in [2.45, 2.75) is 19.4 Å². The normalized spacial score (nSPS) is 12.6. The van der Waals surface area contributed by atoms with Crippen molar-refractivity contribution in [3.63, 3.8) is 0 Å². The quantitative estimate of drug-likeness (QED) is 0.688. The molecule has 0 saturated heterocycles. The predicted molar refractivity (Wildman–Crippen MR) is 70.1 cm³/mol. The smallest absolute Gasteiger partial charge is 0.123 e. The molecule has 1 rings (SSSR count). The fraction of sp³-hybridized carbons (Fsp3) is 0.571. The van der Waals surface area contributed by atoms with Crippen molar-refractivity contribution in [2.24, 2.45) is 0 Å². The third-order valence-corrected chi connectivity index (χ3v) is 2.70. The molecule has 4 heteroatoms. The van der Waals surface area contributed by atoms with Gasteiger partial charge in [0.1, 0.15) is 5.82 Å². The molecule has 0 aliphatic carbocycles. The van der Waals surface area contributed by atoms with Crippen LogP contribution in [0.2, 0.25) is 0 Å². The lowest BCUT2D eigenvalue weighted by Gasteiger charge is -2.14. The summed E-state index contributed by atoms with van der Waals surface area (Å²) in [4.78, 5) is 0. The van der Waals surface area contributed by atoms with E-state index in [0.29, 0.717) is 6.61 Å². The van der Waals surface area contributed by atoms with Gasteiger partial charge in [-0.05, 0) is 31.0 Å². The molecule has 3 nitrogen and oxygen atoms in total. The molecule has 0 heterocycles. The summed E-state index contributed by atoms with van der Waals surface area (Å²) in [6, 6.07) is 6.76. The zero-order valence-corrected chi connectivity index (χ0v) is 11.1. The highest BCUT2D eigenvalue weighted by Crippen LogP contribution is 2.12. The van der Waals surface area contributed by atoms with Crippen LogP contribution in [0.3, 0.4) is 0 Å². The number of halogens is 1. The molecule has 1 unspecified atom stereocenters. The number of hydrogen-bond donors (Lipinski definition) is 1.